The summed E-state index contributed by atoms with van der Waals surface area (Å²) in [7, 11) is 2.26. The zero-order valence-corrected chi connectivity index (χ0v) is 10.4. The molecule has 18 heavy (non-hydrogen) atoms. The zero-order chi connectivity index (χ0) is 13.1. The van der Waals surface area contributed by atoms with Gasteiger partial charge in [0.15, 0.2) is 23.3 Å². The van der Waals surface area contributed by atoms with Crippen LogP contribution in [-0.2, 0) is 0 Å². The molecule has 0 aliphatic heterocycles. The van der Waals surface area contributed by atoms with Gasteiger partial charge < -0.3 is 0 Å². The molecule has 0 spiro atoms. The van der Waals surface area contributed by atoms with E-state index in [0.717, 1.165) is 45.9 Å². The second kappa shape index (κ2) is 5.67. The standard InChI is InChI=1S/C12H6F4S2/c13-9-3-1-7(5-11(9)15)17-18-8-2-4-10(14)12(16)6-8/h1-6H. The SMILES string of the molecule is Fc1ccc(SSc2ccc(F)c(F)c2)cc1F. The summed E-state index contributed by atoms with van der Waals surface area (Å²) in [4.78, 5) is 0.979. The second-order valence-corrected chi connectivity index (χ2v) is 5.59. The summed E-state index contributed by atoms with van der Waals surface area (Å²) in [5.74, 6) is -3.72. The third-order valence-electron chi connectivity index (χ3n) is 2.02. The van der Waals surface area contributed by atoms with Gasteiger partial charge in [0.25, 0.3) is 0 Å². The third-order valence-corrected chi connectivity index (χ3v) is 4.40. The van der Waals surface area contributed by atoms with E-state index in [-0.39, 0.29) is 0 Å². The quantitative estimate of drug-likeness (QED) is 0.573. The van der Waals surface area contributed by atoms with Gasteiger partial charge in [0.1, 0.15) is 0 Å². The Kier molecular flexibility index (Phi) is 4.19. The molecule has 0 nitrogen and oxygen atoms in total. The van der Waals surface area contributed by atoms with Crippen LogP contribution in [-0.4, -0.2) is 0 Å². The molecule has 0 bridgehead atoms. The molecule has 0 aliphatic rings. The van der Waals surface area contributed by atoms with Crippen LogP contribution >= 0.6 is 21.6 Å². The number of rotatable bonds is 3. The van der Waals surface area contributed by atoms with E-state index in [0.29, 0.717) is 9.79 Å². The van der Waals surface area contributed by atoms with Crippen LogP contribution < -0.4 is 0 Å². The fourth-order valence-corrected chi connectivity index (χ4v) is 3.10. The molecule has 0 amide bonds. The van der Waals surface area contributed by atoms with Gasteiger partial charge in [0, 0.05) is 9.79 Å². The highest BCUT2D eigenvalue weighted by atomic mass is 33.1. The fourth-order valence-electron chi connectivity index (χ4n) is 1.15. The molecule has 2 aromatic carbocycles. The van der Waals surface area contributed by atoms with Gasteiger partial charge in [-0.2, -0.15) is 0 Å². The smallest absolute Gasteiger partial charge is 0.159 e. The molecule has 0 heterocycles. The van der Waals surface area contributed by atoms with Crippen LogP contribution in [0.2, 0.25) is 0 Å². The highest BCUT2D eigenvalue weighted by molar-refractivity contribution is 8.76. The lowest BCUT2D eigenvalue weighted by Gasteiger charge is -2.02. The van der Waals surface area contributed by atoms with E-state index in [2.05, 4.69) is 0 Å². The molecule has 0 saturated heterocycles. The van der Waals surface area contributed by atoms with Crippen molar-refractivity contribution in [1.82, 2.24) is 0 Å². The molecule has 0 N–H and O–H groups in total. The Morgan fingerprint density at radius 2 is 0.944 bits per heavy atom. The van der Waals surface area contributed by atoms with Crippen molar-refractivity contribution in [2.24, 2.45) is 0 Å². The maximum atomic E-state index is 12.9. The van der Waals surface area contributed by atoms with E-state index in [1.54, 1.807) is 0 Å². The van der Waals surface area contributed by atoms with Gasteiger partial charge in [-0.1, -0.05) is 21.6 Å². The average Bonchev–Trinajstić information content (AvgIpc) is 2.35. The summed E-state index contributed by atoms with van der Waals surface area (Å²) < 4.78 is 51.2. The zero-order valence-electron chi connectivity index (χ0n) is 8.79. The van der Waals surface area contributed by atoms with E-state index >= 15 is 0 Å². The third kappa shape index (κ3) is 3.20. The van der Waals surface area contributed by atoms with Crippen LogP contribution in [0.1, 0.15) is 0 Å². The Bertz CT molecular complexity index is 520. The molecule has 2 aromatic rings. The van der Waals surface area contributed by atoms with Gasteiger partial charge in [-0.05, 0) is 36.4 Å². The number of halogens is 4. The van der Waals surface area contributed by atoms with E-state index in [1.165, 1.54) is 12.1 Å². The van der Waals surface area contributed by atoms with Crippen LogP contribution in [0, 0.1) is 23.3 Å². The minimum absolute atomic E-state index is 0.489. The lowest BCUT2D eigenvalue weighted by atomic mass is 10.3. The summed E-state index contributed by atoms with van der Waals surface area (Å²) in [6, 6.07) is 6.96. The topological polar surface area (TPSA) is 0 Å². The van der Waals surface area contributed by atoms with Gasteiger partial charge in [-0.3, -0.25) is 0 Å². The van der Waals surface area contributed by atoms with Crippen molar-refractivity contribution in [3.8, 4) is 0 Å². The lowest BCUT2D eigenvalue weighted by molar-refractivity contribution is 0.506. The monoisotopic (exact) mass is 290 g/mol. The molecule has 0 radical (unpaired) electrons. The minimum Gasteiger partial charge on any atom is -0.204 e. The van der Waals surface area contributed by atoms with Crippen LogP contribution in [0.3, 0.4) is 0 Å². The molecule has 2 rings (SSSR count). The molecule has 0 fully saturated rings. The van der Waals surface area contributed by atoms with E-state index in [9.17, 15) is 17.6 Å². The Labute approximate surface area is 109 Å². The molecule has 0 unspecified atom stereocenters. The Morgan fingerprint density at radius 1 is 0.556 bits per heavy atom. The van der Waals surface area contributed by atoms with Crippen molar-refractivity contribution in [1.29, 1.82) is 0 Å². The molecule has 0 aliphatic carbocycles. The number of benzene rings is 2. The molecular weight excluding hydrogens is 284 g/mol. The summed E-state index contributed by atoms with van der Waals surface area (Å²) in [6.45, 7) is 0. The van der Waals surface area contributed by atoms with Gasteiger partial charge in [0.2, 0.25) is 0 Å². The second-order valence-electron chi connectivity index (χ2n) is 3.32. The summed E-state index contributed by atoms with van der Waals surface area (Å²) in [5.41, 5.74) is 0. The normalized spacial score (nSPS) is 10.7. The maximum absolute atomic E-state index is 12.9. The first kappa shape index (κ1) is 13.3. The Morgan fingerprint density at radius 3 is 1.28 bits per heavy atom. The van der Waals surface area contributed by atoms with Crippen LogP contribution in [0.5, 0.6) is 0 Å². The average molecular weight is 290 g/mol. The van der Waals surface area contributed by atoms with Crippen LogP contribution in [0.25, 0.3) is 0 Å². The highest BCUT2D eigenvalue weighted by Crippen LogP contribution is 2.38. The molecule has 94 valence electrons. The first-order valence-electron chi connectivity index (χ1n) is 4.81. The van der Waals surface area contributed by atoms with E-state index in [1.807, 2.05) is 0 Å². The summed E-state index contributed by atoms with van der Waals surface area (Å²) in [5, 5.41) is 0. The van der Waals surface area contributed by atoms with Gasteiger partial charge in [-0.15, -0.1) is 0 Å². The van der Waals surface area contributed by atoms with E-state index < -0.39 is 23.3 Å². The predicted molar refractivity (Wildman–Crippen MR) is 64.4 cm³/mol. The van der Waals surface area contributed by atoms with Crippen molar-refractivity contribution < 1.29 is 17.6 Å². The molecule has 6 heteroatoms. The Hall–Kier alpha value is -1.14. The van der Waals surface area contributed by atoms with E-state index in [4.69, 9.17) is 0 Å². The van der Waals surface area contributed by atoms with Crippen LogP contribution in [0.15, 0.2) is 46.2 Å². The number of hydrogen-bond acceptors (Lipinski definition) is 2. The van der Waals surface area contributed by atoms with Crippen LogP contribution in [0.4, 0.5) is 17.6 Å². The van der Waals surface area contributed by atoms with Crippen molar-refractivity contribution in [2.45, 2.75) is 9.79 Å². The van der Waals surface area contributed by atoms with Gasteiger partial charge >= 0.3 is 0 Å². The predicted octanol–water partition coefficient (Wildman–Crippen LogP) is 5.04. The first-order valence-corrected chi connectivity index (χ1v) is 6.96. The minimum atomic E-state index is -0.939. The fraction of sp³-hybridized carbons (Fsp3) is 0. The van der Waals surface area contributed by atoms with Gasteiger partial charge in [-0.25, -0.2) is 17.6 Å². The molecule has 0 atom stereocenters. The summed E-state index contributed by atoms with van der Waals surface area (Å²) >= 11 is 0. The lowest BCUT2D eigenvalue weighted by Crippen LogP contribution is -1.83. The largest absolute Gasteiger partial charge is 0.204 e. The van der Waals surface area contributed by atoms with Crippen molar-refractivity contribution in [2.75, 3.05) is 0 Å². The maximum Gasteiger partial charge on any atom is 0.159 e. The van der Waals surface area contributed by atoms with Crippen molar-refractivity contribution >= 4 is 21.6 Å². The van der Waals surface area contributed by atoms with Gasteiger partial charge in [0.05, 0.1) is 0 Å². The summed E-state index contributed by atoms with van der Waals surface area (Å²) in [6.07, 6.45) is 0. The molecular formula is C12H6F4S2. The van der Waals surface area contributed by atoms with Crippen molar-refractivity contribution in [3.63, 3.8) is 0 Å². The Balaban J connectivity index is 2.06. The molecule has 0 aromatic heterocycles. The number of hydrogen-bond donors (Lipinski definition) is 0. The molecule has 0 saturated carbocycles. The first-order chi connectivity index (χ1) is 8.56. The highest BCUT2D eigenvalue weighted by Gasteiger charge is 2.06. The van der Waals surface area contributed by atoms with Crippen molar-refractivity contribution in [3.05, 3.63) is 59.7 Å².